The van der Waals surface area contributed by atoms with Gasteiger partial charge < -0.3 is 15.0 Å². The first-order valence-corrected chi connectivity index (χ1v) is 10.7. The predicted octanol–water partition coefficient (Wildman–Crippen LogP) is 4.28. The number of carboxylic acid groups (broad SMARTS) is 1. The largest absolute Gasteiger partial charge is 0.480 e. The van der Waals surface area contributed by atoms with Crippen molar-refractivity contribution in [3.8, 4) is 0 Å². The number of para-hydroxylation sites is 2. The lowest BCUT2D eigenvalue weighted by atomic mass is 10.0. The van der Waals surface area contributed by atoms with E-state index in [1.54, 1.807) is 0 Å². The summed E-state index contributed by atoms with van der Waals surface area (Å²) in [5.74, 6) is 0.159. The number of aromatic amines is 1. The Bertz CT molecular complexity index is 1270. The van der Waals surface area contributed by atoms with Crippen LogP contribution in [0.3, 0.4) is 0 Å². The summed E-state index contributed by atoms with van der Waals surface area (Å²) < 4.78 is 0. The molecule has 0 amide bonds. The van der Waals surface area contributed by atoms with Crippen molar-refractivity contribution in [1.82, 2.24) is 14.9 Å². The zero-order chi connectivity index (χ0) is 21.5. The molecular weight excluding hydrogens is 388 g/mol. The molecule has 3 heterocycles. The summed E-state index contributed by atoms with van der Waals surface area (Å²) in [6.45, 7) is 6.91. The Labute approximate surface area is 181 Å². The van der Waals surface area contributed by atoms with Gasteiger partial charge in [-0.2, -0.15) is 0 Å². The minimum Gasteiger partial charge on any atom is -0.480 e. The third-order valence-corrected chi connectivity index (χ3v) is 6.36. The number of nitrogens with one attached hydrogen (secondary N) is 1. The monoisotopic (exact) mass is 414 g/mol. The molecule has 1 fully saturated rings. The first kappa shape index (κ1) is 19.6. The van der Waals surface area contributed by atoms with E-state index in [0.29, 0.717) is 13.1 Å². The Morgan fingerprint density at radius 3 is 2.42 bits per heavy atom. The van der Waals surface area contributed by atoms with Gasteiger partial charge in [-0.3, -0.25) is 9.69 Å². The normalized spacial score (nSPS) is 16.1. The van der Waals surface area contributed by atoms with Crippen LogP contribution in [-0.4, -0.2) is 52.1 Å². The van der Waals surface area contributed by atoms with Crippen LogP contribution < -0.4 is 4.90 Å². The van der Waals surface area contributed by atoms with E-state index in [0.717, 1.165) is 46.6 Å². The second-order valence-electron chi connectivity index (χ2n) is 8.29. The van der Waals surface area contributed by atoms with E-state index in [-0.39, 0.29) is 0 Å². The number of hydrogen-bond donors (Lipinski definition) is 2. The first-order valence-electron chi connectivity index (χ1n) is 10.7. The maximum atomic E-state index is 12.4. The first-order chi connectivity index (χ1) is 15.0. The van der Waals surface area contributed by atoms with E-state index < -0.39 is 12.0 Å². The lowest BCUT2D eigenvalue weighted by molar-refractivity contribution is -0.143. The molecule has 2 N–H and O–H groups in total. The number of piperazine rings is 1. The molecule has 1 aliphatic heterocycles. The number of nitrogens with zero attached hydrogens (tertiary/aromatic N) is 3. The minimum atomic E-state index is -0.805. The fraction of sp³-hybridized carbons (Fsp3) is 0.280. The van der Waals surface area contributed by atoms with Crippen LogP contribution in [0.4, 0.5) is 5.82 Å². The van der Waals surface area contributed by atoms with Gasteiger partial charge in [-0.15, -0.1) is 0 Å². The van der Waals surface area contributed by atoms with E-state index >= 15 is 0 Å². The van der Waals surface area contributed by atoms with Crippen molar-refractivity contribution in [3.63, 3.8) is 0 Å². The molecule has 1 aliphatic rings. The Morgan fingerprint density at radius 2 is 1.68 bits per heavy atom. The molecule has 0 bridgehead atoms. The van der Waals surface area contributed by atoms with Crippen LogP contribution in [0.15, 0.2) is 54.6 Å². The molecule has 158 valence electrons. The van der Waals surface area contributed by atoms with E-state index in [9.17, 15) is 9.90 Å². The molecule has 0 radical (unpaired) electrons. The Kier molecular flexibility index (Phi) is 4.87. The zero-order valence-electron chi connectivity index (χ0n) is 17.8. The van der Waals surface area contributed by atoms with Gasteiger partial charge in [-0.25, -0.2) is 4.98 Å². The van der Waals surface area contributed by atoms with E-state index in [2.05, 4.69) is 33.8 Å². The molecule has 6 nitrogen and oxygen atoms in total. The van der Waals surface area contributed by atoms with Crippen LogP contribution in [0.25, 0.3) is 21.8 Å². The van der Waals surface area contributed by atoms with Gasteiger partial charge in [0.2, 0.25) is 0 Å². The van der Waals surface area contributed by atoms with Crippen LogP contribution in [-0.2, 0) is 4.79 Å². The third-order valence-electron chi connectivity index (χ3n) is 6.36. The fourth-order valence-corrected chi connectivity index (χ4v) is 4.82. The molecule has 31 heavy (non-hydrogen) atoms. The van der Waals surface area contributed by atoms with Crippen molar-refractivity contribution < 1.29 is 9.90 Å². The number of anilines is 1. The second-order valence-corrected chi connectivity index (χ2v) is 8.29. The maximum absolute atomic E-state index is 12.4. The molecule has 6 heteroatoms. The molecule has 1 atom stereocenters. The van der Waals surface area contributed by atoms with Crippen LogP contribution >= 0.6 is 0 Å². The average Bonchev–Trinajstić information content (AvgIpc) is 3.10. The number of carboxylic acids is 1. The summed E-state index contributed by atoms with van der Waals surface area (Å²) in [5.41, 5.74) is 4.98. The third kappa shape index (κ3) is 3.43. The van der Waals surface area contributed by atoms with Crippen molar-refractivity contribution in [2.75, 3.05) is 31.1 Å². The molecule has 0 spiro atoms. The summed E-state index contributed by atoms with van der Waals surface area (Å²) in [4.78, 5) is 24.9. The Balaban J connectivity index is 1.41. The number of pyridine rings is 1. The Hall–Kier alpha value is -3.38. The summed E-state index contributed by atoms with van der Waals surface area (Å²) >= 11 is 0. The SMILES string of the molecule is Cc1[nH]c2ccccc2c1C(C(=O)O)N1CCN(c2cc(C)c3ccccc3n2)CC1. The number of aryl methyl sites for hydroxylation is 2. The van der Waals surface area contributed by atoms with E-state index in [1.807, 2.05) is 49.4 Å². The van der Waals surface area contributed by atoms with Gasteiger partial charge in [-0.1, -0.05) is 36.4 Å². The van der Waals surface area contributed by atoms with Crippen LogP contribution in [0.2, 0.25) is 0 Å². The van der Waals surface area contributed by atoms with Crippen LogP contribution in [0.5, 0.6) is 0 Å². The Morgan fingerprint density at radius 1 is 1.00 bits per heavy atom. The highest BCUT2D eigenvalue weighted by Gasteiger charge is 2.33. The number of aromatic nitrogens is 2. The quantitative estimate of drug-likeness (QED) is 0.521. The van der Waals surface area contributed by atoms with Gasteiger partial charge in [-0.05, 0) is 37.6 Å². The molecule has 4 aromatic rings. The van der Waals surface area contributed by atoms with E-state index in [4.69, 9.17) is 4.98 Å². The average molecular weight is 415 g/mol. The number of hydrogen-bond acceptors (Lipinski definition) is 4. The van der Waals surface area contributed by atoms with Gasteiger partial charge in [0.15, 0.2) is 0 Å². The summed E-state index contributed by atoms with van der Waals surface area (Å²) in [7, 11) is 0. The van der Waals surface area contributed by atoms with Gasteiger partial charge in [0.05, 0.1) is 5.52 Å². The number of carbonyl (C=O) groups is 1. The fourth-order valence-electron chi connectivity index (χ4n) is 4.82. The van der Waals surface area contributed by atoms with Crippen molar-refractivity contribution in [2.24, 2.45) is 0 Å². The lowest BCUT2D eigenvalue weighted by Crippen LogP contribution is -2.49. The number of aliphatic carboxylic acids is 1. The number of rotatable bonds is 4. The molecule has 1 unspecified atom stereocenters. The maximum Gasteiger partial charge on any atom is 0.325 e. The minimum absolute atomic E-state index is 0.662. The molecule has 5 rings (SSSR count). The molecule has 0 saturated carbocycles. The number of H-pyrrole nitrogens is 1. The highest BCUT2D eigenvalue weighted by atomic mass is 16.4. The lowest BCUT2D eigenvalue weighted by Gasteiger charge is -2.38. The number of benzene rings is 2. The molecule has 2 aromatic carbocycles. The van der Waals surface area contributed by atoms with Crippen LogP contribution in [0.1, 0.15) is 22.9 Å². The summed E-state index contributed by atoms with van der Waals surface area (Å²) in [6.07, 6.45) is 0. The predicted molar refractivity (Wildman–Crippen MR) is 124 cm³/mol. The summed E-state index contributed by atoms with van der Waals surface area (Å²) in [6, 6.07) is 17.6. The van der Waals surface area contributed by atoms with Gasteiger partial charge >= 0.3 is 5.97 Å². The molecule has 0 aliphatic carbocycles. The van der Waals surface area contributed by atoms with Gasteiger partial charge in [0, 0.05) is 53.7 Å². The zero-order valence-corrected chi connectivity index (χ0v) is 17.8. The smallest absolute Gasteiger partial charge is 0.325 e. The topological polar surface area (TPSA) is 72.5 Å². The van der Waals surface area contributed by atoms with Gasteiger partial charge in [0.1, 0.15) is 11.9 Å². The molecule has 2 aromatic heterocycles. The van der Waals surface area contributed by atoms with Crippen LogP contribution in [0, 0.1) is 13.8 Å². The highest BCUT2D eigenvalue weighted by Crippen LogP contribution is 2.33. The standard InChI is InChI=1S/C25H26N4O2/c1-16-15-22(27-20-9-5-3-7-18(16)20)28-11-13-29(14-12-28)24(25(30)31)23-17(2)26-21-10-6-4-8-19(21)23/h3-10,15,24,26H,11-14H2,1-2H3,(H,30,31). The molecular formula is C25H26N4O2. The number of fused-ring (bicyclic) bond motifs is 2. The van der Waals surface area contributed by atoms with Crippen molar-refractivity contribution in [3.05, 3.63) is 71.4 Å². The summed E-state index contributed by atoms with van der Waals surface area (Å²) in [5, 5.41) is 12.3. The van der Waals surface area contributed by atoms with Crippen molar-refractivity contribution >= 4 is 33.6 Å². The highest BCUT2D eigenvalue weighted by molar-refractivity contribution is 5.90. The van der Waals surface area contributed by atoms with E-state index in [1.165, 1.54) is 10.9 Å². The molecule has 1 saturated heterocycles. The second kappa shape index (κ2) is 7.71. The van der Waals surface area contributed by atoms with Gasteiger partial charge in [0.25, 0.3) is 0 Å². The van der Waals surface area contributed by atoms with Crippen molar-refractivity contribution in [1.29, 1.82) is 0 Å². The van der Waals surface area contributed by atoms with Crippen molar-refractivity contribution in [2.45, 2.75) is 19.9 Å².